The van der Waals surface area contributed by atoms with Crippen LogP contribution in [-0.2, 0) is 24.4 Å². The molecule has 0 radical (unpaired) electrons. The van der Waals surface area contributed by atoms with E-state index in [0.29, 0.717) is 37.7 Å². The third kappa shape index (κ3) is 6.66. The van der Waals surface area contributed by atoms with Gasteiger partial charge >= 0.3 is 0 Å². The first-order chi connectivity index (χ1) is 18.5. The van der Waals surface area contributed by atoms with Gasteiger partial charge in [-0.3, -0.25) is 14.5 Å². The Balaban J connectivity index is 1.34. The van der Waals surface area contributed by atoms with Gasteiger partial charge in [-0.05, 0) is 73.9 Å². The average molecular weight is 511 g/mol. The number of amides is 1. The van der Waals surface area contributed by atoms with Crippen LogP contribution in [-0.4, -0.2) is 45.4 Å². The van der Waals surface area contributed by atoms with E-state index in [1.54, 1.807) is 6.20 Å². The lowest BCUT2D eigenvalue weighted by Gasteiger charge is -2.23. The molecule has 3 heterocycles. The van der Waals surface area contributed by atoms with Gasteiger partial charge in [-0.1, -0.05) is 30.3 Å². The molecule has 0 bridgehead atoms. The predicted octanol–water partition coefficient (Wildman–Crippen LogP) is 5.20. The number of ether oxygens (including phenoxy) is 2. The van der Waals surface area contributed by atoms with E-state index in [2.05, 4.69) is 16.1 Å². The summed E-state index contributed by atoms with van der Waals surface area (Å²) in [6, 6.07) is 23.6. The van der Waals surface area contributed by atoms with E-state index in [-0.39, 0.29) is 5.91 Å². The molecule has 1 amide bonds. The molecular formula is C31H34N4O3. The summed E-state index contributed by atoms with van der Waals surface area (Å²) in [4.78, 5) is 20.2. The molecule has 38 heavy (non-hydrogen) atoms. The van der Waals surface area contributed by atoms with Crippen LogP contribution in [0.15, 0.2) is 79.0 Å². The van der Waals surface area contributed by atoms with E-state index in [9.17, 15) is 4.79 Å². The van der Waals surface area contributed by atoms with Crippen molar-refractivity contribution in [2.45, 2.75) is 39.9 Å². The summed E-state index contributed by atoms with van der Waals surface area (Å²) in [5.41, 5.74) is 5.61. The molecule has 1 saturated heterocycles. The van der Waals surface area contributed by atoms with Crippen LogP contribution >= 0.6 is 0 Å². The highest BCUT2D eigenvalue weighted by molar-refractivity contribution is 5.94. The first-order valence-electron chi connectivity index (χ1n) is 13.1. The number of nitrogens with zero attached hydrogens (tertiary/aromatic N) is 4. The zero-order valence-electron chi connectivity index (χ0n) is 22.0. The van der Waals surface area contributed by atoms with Crippen molar-refractivity contribution in [3.63, 3.8) is 0 Å². The van der Waals surface area contributed by atoms with E-state index in [1.165, 1.54) is 0 Å². The first-order valence-corrected chi connectivity index (χ1v) is 13.1. The Labute approximate surface area is 224 Å². The molecule has 4 aromatic rings. The van der Waals surface area contributed by atoms with Gasteiger partial charge in [0.2, 0.25) is 0 Å². The van der Waals surface area contributed by atoms with Crippen molar-refractivity contribution in [1.82, 2.24) is 19.7 Å². The molecule has 0 unspecified atom stereocenters. The largest absolute Gasteiger partial charge is 0.493 e. The summed E-state index contributed by atoms with van der Waals surface area (Å²) in [5, 5.41) is 4.57. The Bertz CT molecular complexity index is 1360. The molecule has 7 nitrogen and oxygen atoms in total. The molecule has 196 valence electrons. The molecule has 1 aliphatic rings. The fraction of sp³-hybridized carbons (Fsp3) is 0.323. The van der Waals surface area contributed by atoms with Gasteiger partial charge in [-0.15, -0.1) is 0 Å². The summed E-state index contributed by atoms with van der Waals surface area (Å²) in [5.74, 6) is 1.20. The standard InChI is InChI=1S/C31H34N4O3/c1-23-15-24(2)35(33-23)19-25-7-5-9-28(16-25)31(36)34(20-29-10-3-4-13-32-29)18-26-8-6-11-30(17-26)38-22-27-12-14-37-21-27/h3-11,13,15-17,27H,12,14,18-22H2,1-2H3/t27-/m0/s1. The predicted molar refractivity (Wildman–Crippen MR) is 146 cm³/mol. The minimum absolute atomic E-state index is 0.0414. The second-order valence-corrected chi connectivity index (χ2v) is 9.96. The average Bonchev–Trinajstić information content (AvgIpc) is 3.56. The van der Waals surface area contributed by atoms with Crippen LogP contribution in [0, 0.1) is 19.8 Å². The van der Waals surface area contributed by atoms with Crippen LogP contribution in [0.2, 0.25) is 0 Å². The van der Waals surface area contributed by atoms with E-state index < -0.39 is 0 Å². The minimum Gasteiger partial charge on any atom is -0.493 e. The molecule has 0 saturated carbocycles. The summed E-state index contributed by atoms with van der Waals surface area (Å²) in [7, 11) is 0. The van der Waals surface area contributed by atoms with Crippen molar-refractivity contribution >= 4 is 5.91 Å². The summed E-state index contributed by atoms with van der Waals surface area (Å²) in [6.07, 6.45) is 2.79. The van der Waals surface area contributed by atoms with Crippen molar-refractivity contribution in [3.05, 3.63) is 113 Å². The van der Waals surface area contributed by atoms with Gasteiger partial charge in [-0.2, -0.15) is 5.10 Å². The van der Waals surface area contributed by atoms with Crippen LogP contribution in [0.25, 0.3) is 0 Å². The molecule has 2 aromatic heterocycles. The van der Waals surface area contributed by atoms with Gasteiger partial charge in [0.25, 0.3) is 5.91 Å². The molecule has 1 fully saturated rings. The lowest BCUT2D eigenvalue weighted by atomic mass is 10.1. The van der Waals surface area contributed by atoms with Gasteiger partial charge in [0.15, 0.2) is 0 Å². The highest BCUT2D eigenvalue weighted by Crippen LogP contribution is 2.21. The van der Waals surface area contributed by atoms with Crippen molar-refractivity contribution in [1.29, 1.82) is 0 Å². The van der Waals surface area contributed by atoms with Crippen LogP contribution in [0.1, 0.15) is 45.0 Å². The molecule has 2 aromatic carbocycles. The smallest absolute Gasteiger partial charge is 0.254 e. The monoisotopic (exact) mass is 510 g/mol. The fourth-order valence-electron chi connectivity index (χ4n) is 4.76. The summed E-state index contributed by atoms with van der Waals surface area (Å²) in [6.45, 7) is 7.71. The molecule has 1 aliphatic heterocycles. The van der Waals surface area contributed by atoms with Crippen LogP contribution < -0.4 is 4.74 Å². The number of pyridine rings is 1. The van der Waals surface area contributed by atoms with Crippen molar-refractivity contribution < 1.29 is 14.3 Å². The SMILES string of the molecule is Cc1cc(C)n(Cc2cccc(C(=O)N(Cc3cccc(OC[C@H]4CCOC4)c3)Cc3ccccn3)c2)n1. The molecule has 0 N–H and O–H groups in total. The maximum absolute atomic E-state index is 13.8. The Morgan fingerprint density at radius 1 is 1.03 bits per heavy atom. The Hall–Kier alpha value is -3.97. The number of rotatable bonds is 10. The molecule has 0 aliphatic carbocycles. The van der Waals surface area contributed by atoms with Crippen molar-refractivity contribution in [2.75, 3.05) is 19.8 Å². The van der Waals surface area contributed by atoms with Crippen LogP contribution in [0.4, 0.5) is 0 Å². The van der Waals surface area contributed by atoms with Gasteiger partial charge in [0.05, 0.1) is 37.7 Å². The zero-order chi connectivity index (χ0) is 26.3. The second kappa shape index (κ2) is 12.0. The number of carbonyl (C=O) groups is 1. The Kier molecular flexibility index (Phi) is 8.14. The lowest BCUT2D eigenvalue weighted by Crippen LogP contribution is -2.30. The molecule has 1 atom stereocenters. The summed E-state index contributed by atoms with van der Waals surface area (Å²) >= 11 is 0. The maximum atomic E-state index is 13.8. The number of benzene rings is 2. The highest BCUT2D eigenvalue weighted by Gasteiger charge is 2.19. The number of aryl methyl sites for hydroxylation is 2. The van der Waals surface area contributed by atoms with E-state index in [0.717, 1.165) is 53.6 Å². The molecule has 0 spiro atoms. The number of hydrogen-bond acceptors (Lipinski definition) is 5. The second-order valence-electron chi connectivity index (χ2n) is 9.96. The third-order valence-corrected chi connectivity index (χ3v) is 6.76. The van der Waals surface area contributed by atoms with E-state index >= 15 is 0 Å². The Morgan fingerprint density at radius 2 is 1.89 bits per heavy atom. The fourth-order valence-corrected chi connectivity index (χ4v) is 4.76. The quantitative estimate of drug-likeness (QED) is 0.293. The Morgan fingerprint density at radius 3 is 2.66 bits per heavy atom. The van der Waals surface area contributed by atoms with Crippen LogP contribution in [0.5, 0.6) is 5.75 Å². The first kappa shape index (κ1) is 25.7. The molecular weight excluding hydrogens is 476 g/mol. The van der Waals surface area contributed by atoms with Crippen molar-refractivity contribution in [3.8, 4) is 5.75 Å². The lowest BCUT2D eigenvalue weighted by molar-refractivity contribution is 0.0727. The number of carbonyl (C=O) groups excluding carboxylic acids is 1. The van der Waals surface area contributed by atoms with Gasteiger partial charge in [-0.25, -0.2) is 0 Å². The van der Waals surface area contributed by atoms with Gasteiger partial charge in [0, 0.05) is 36.5 Å². The zero-order valence-corrected chi connectivity index (χ0v) is 22.0. The maximum Gasteiger partial charge on any atom is 0.254 e. The normalized spacial score (nSPS) is 14.9. The number of aromatic nitrogens is 3. The van der Waals surface area contributed by atoms with E-state index in [4.69, 9.17) is 9.47 Å². The topological polar surface area (TPSA) is 69.5 Å². The summed E-state index contributed by atoms with van der Waals surface area (Å²) < 4.78 is 13.5. The van der Waals surface area contributed by atoms with Crippen LogP contribution in [0.3, 0.4) is 0 Å². The van der Waals surface area contributed by atoms with Gasteiger partial charge < -0.3 is 14.4 Å². The molecule has 7 heteroatoms. The third-order valence-electron chi connectivity index (χ3n) is 6.76. The van der Waals surface area contributed by atoms with E-state index in [1.807, 2.05) is 90.2 Å². The minimum atomic E-state index is -0.0414. The number of hydrogen-bond donors (Lipinski definition) is 0. The van der Waals surface area contributed by atoms with Crippen molar-refractivity contribution in [2.24, 2.45) is 5.92 Å². The van der Waals surface area contributed by atoms with Gasteiger partial charge in [0.1, 0.15) is 5.75 Å². The molecule has 5 rings (SSSR count). The highest BCUT2D eigenvalue weighted by atomic mass is 16.5.